The van der Waals surface area contributed by atoms with Crippen molar-refractivity contribution in [3.8, 4) is 5.75 Å². The molecule has 0 atom stereocenters. The zero-order valence-corrected chi connectivity index (χ0v) is 17.8. The molecule has 3 rings (SSSR count). The maximum absolute atomic E-state index is 13.9. The molecule has 6 nitrogen and oxygen atoms in total. The van der Waals surface area contributed by atoms with E-state index in [1.807, 2.05) is 0 Å². The predicted octanol–water partition coefficient (Wildman–Crippen LogP) is 3.15. The van der Waals surface area contributed by atoms with E-state index in [0.29, 0.717) is 10.8 Å². The Bertz CT molecular complexity index is 981. The Kier molecular flexibility index (Phi) is 6.59. The third-order valence-corrected chi connectivity index (χ3v) is 7.01. The quantitative estimate of drug-likeness (QED) is 0.644. The minimum absolute atomic E-state index is 0.0848. The first-order chi connectivity index (χ1) is 13.3. The standard InChI is InChI=1S/C18H17BrClFN2O4S/c19-13-5-6-16(14(20)11-13)27-12-18(24)22-7-9-23(10-8-22)28(25,26)17-4-2-1-3-15(17)21/h1-6,11H,7-10,12H2. The fourth-order valence-corrected chi connectivity index (χ4v) is 5.01. The van der Waals surface area contributed by atoms with Gasteiger partial charge in [0, 0.05) is 30.7 Å². The summed E-state index contributed by atoms with van der Waals surface area (Å²) < 4.78 is 46.5. The Morgan fingerprint density at radius 2 is 1.82 bits per heavy atom. The predicted molar refractivity (Wildman–Crippen MR) is 106 cm³/mol. The van der Waals surface area contributed by atoms with Crippen molar-refractivity contribution in [2.24, 2.45) is 0 Å². The zero-order valence-electron chi connectivity index (χ0n) is 14.6. The van der Waals surface area contributed by atoms with Gasteiger partial charge in [-0.05, 0) is 30.3 Å². The maximum atomic E-state index is 13.9. The van der Waals surface area contributed by atoms with Gasteiger partial charge < -0.3 is 9.64 Å². The number of halogens is 3. The van der Waals surface area contributed by atoms with E-state index in [9.17, 15) is 17.6 Å². The number of rotatable bonds is 5. The van der Waals surface area contributed by atoms with E-state index < -0.39 is 15.8 Å². The molecular weight excluding hydrogens is 475 g/mol. The van der Waals surface area contributed by atoms with Crippen LogP contribution in [0.4, 0.5) is 4.39 Å². The highest BCUT2D eigenvalue weighted by Gasteiger charge is 2.31. The first-order valence-electron chi connectivity index (χ1n) is 8.39. The zero-order chi connectivity index (χ0) is 20.3. The van der Waals surface area contributed by atoms with Crippen molar-refractivity contribution in [3.63, 3.8) is 0 Å². The van der Waals surface area contributed by atoms with E-state index in [0.717, 1.165) is 10.5 Å². The summed E-state index contributed by atoms with van der Waals surface area (Å²) >= 11 is 9.34. The summed E-state index contributed by atoms with van der Waals surface area (Å²) in [6.45, 7) is 0.359. The number of hydrogen-bond acceptors (Lipinski definition) is 4. The first-order valence-corrected chi connectivity index (χ1v) is 11.0. The fraction of sp³-hybridized carbons (Fsp3) is 0.278. The van der Waals surface area contributed by atoms with Crippen LogP contribution in [0.15, 0.2) is 51.8 Å². The number of sulfonamides is 1. The summed E-state index contributed by atoms with van der Waals surface area (Å²) in [4.78, 5) is 13.5. The van der Waals surface area contributed by atoms with E-state index in [-0.39, 0.29) is 43.6 Å². The first kappa shape index (κ1) is 21.0. The van der Waals surface area contributed by atoms with Crippen LogP contribution < -0.4 is 4.74 Å². The van der Waals surface area contributed by atoms with Crippen LogP contribution in [0.1, 0.15) is 0 Å². The van der Waals surface area contributed by atoms with Gasteiger partial charge in [-0.1, -0.05) is 39.7 Å². The van der Waals surface area contributed by atoms with Crippen LogP contribution in [0.25, 0.3) is 0 Å². The molecule has 0 saturated carbocycles. The highest BCUT2D eigenvalue weighted by atomic mass is 79.9. The molecular formula is C18H17BrClFN2O4S. The van der Waals surface area contributed by atoms with Crippen LogP contribution >= 0.6 is 27.5 Å². The molecule has 0 N–H and O–H groups in total. The second-order valence-electron chi connectivity index (χ2n) is 6.08. The van der Waals surface area contributed by atoms with Gasteiger partial charge in [-0.25, -0.2) is 12.8 Å². The lowest BCUT2D eigenvalue weighted by Crippen LogP contribution is -2.51. The van der Waals surface area contributed by atoms with Crippen LogP contribution in [0.2, 0.25) is 5.02 Å². The number of amides is 1. The Labute approximate surface area is 176 Å². The SMILES string of the molecule is O=C(COc1ccc(Br)cc1Cl)N1CCN(S(=O)(=O)c2ccccc2F)CC1. The molecule has 1 aliphatic rings. The topological polar surface area (TPSA) is 66.9 Å². The molecule has 2 aromatic carbocycles. The normalized spacial score (nSPS) is 15.5. The summed E-state index contributed by atoms with van der Waals surface area (Å²) in [7, 11) is -3.94. The van der Waals surface area contributed by atoms with Crippen LogP contribution in [0.5, 0.6) is 5.75 Å². The van der Waals surface area contributed by atoms with Crippen LogP contribution in [-0.4, -0.2) is 56.3 Å². The van der Waals surface area contributed by atoms with Gasteiger partial charge in [0.1, 0.15) is 16.5 Å². The molecule has 0 aliphatic carbocycles. The molecule has 1 saturated heterocycles. The number of piperazine rings is 1. The van der Waals surface area contributed by atoms with Crippen molar-refractivity contribution in [1.29, 1.82) is 0 Å². The summed E-state index contributed by atoms with van der Waals surface area (Å²) in [6, 6.07) is 10.3. The van der Waals surface area contributed by atoms with Gasteiger partial charge in [0.2, 0.25) is 10.0 Å². The number of hydrogen-bond donors (Lipinski definition) is 0. The largest absolute Gasteiger partial charge is 0.482 e. The van der Waals surface area contributed by atoms with Gasteiger partial charge in [-0.2, -0.15) is 4.31 Å². The van der Waals surface area contributed by atoms with Crippen molar-refractivity contribution in [2.45, 2.75) is 4.90 Å². The monoisotopic (exact) mass is 490 g/mol. The lowest BCUT2D eigenvalue weighted by atomic mass is 10.3. The molecule has 10 heteroatoms. The maximum Gasteiger partial charge on any atom is 0.260 e. The second kappa shape index (κ2) is 8.77. The second-order valence-corrected chi connectivity index (χ2v) is 9.31. The van der Waals surface area contributed by atoms with E-state index in [4.69, 9.17) is 16.3 Å². The molecule has 0 aromatic heterocycles. The number of benzene rings is 2. The smallest absolute Gasteiger partial charge is 0.260 e. The van der Waals surface area contributed by atoms with Crippen molar-refractivity contribution < 1.29 is 22.3 Å². The summed E-state index contributed by atoms with van der Waals surface area (Å²) in [6.07, 6.45) is 0. The Balaban J connectivity index is 1.57. The van der Waals surface area contributed by atoms with Gasteiger partial charge in [0.15, 0.2) is 6.61 Å². The summed E-state index contributed by atoms with van der Waals surface area (Å²) in [5.74, 6) is -0.679. The van der Waals surface area contributed by atoms with Gasteiger partial charge in [-0.3, -0.25) is 4.79 Å². The minimum atomic E-state index is -3.94. The van der Waals surface area contributed by atoms with Crippen molar-refractivity contribution >= 4 is 43.5 Å². The molecule has 0 bridgehead atoms. The van der Waals surface area contributed by atoms with Crippen molar-refractivity contribution in [2.75, 3.05) is 32.8 Å². The van der Waals surface area contributed by atoms with Gasteiger partial charge in [0.25, 0.3) is 5.91 Å². The van der Waals surface area contributed by atoms with E-state index in [2.05, 4.69) is 15.9 Å². The van der Waals surface area contributed by atoms with Gasteiger partial charge in [-0.15, -0.1) is 0 Å². The lowest BCUT2D eigenvalue weighted by molar-refractivity contribution is -0.134. The molecule has 0 spiro atoms. The molecule has 2 aromatic rings. The van der Waals surface area contributed by atoms with Gasteiger partial charge in [0.05, 0.1) is 5.02 Å². The van der Waals surface area contributed by atoms with Crippen LogP contribution in [0.3, 0.4) is 0 Å². The van der Waals surface area contributed by atoms with Crippen LogP contribution in [-0.2, 0) is 14.8 Å². The summed E-state index contributed by atoms with van der Waals surface area (Å²) in [5.41, 5.74) is 0. The third kappa shape index (κ3) is 4.65. The molecule has 150 valence electrons. The number of nitrogens with zero attached hydrogens (tertiary/aromatic N) is 2. The molecule has 0 radical (unpaired) electrons. The molecule has 1 fully saturated rings. The summed E-state index contributed by atoms with van der Waals surface area (Å²) in [5, 5.41) is 0.378. The van der Waals surface area contributed by atoms with Crippen LogP contribution in [0, 0.1) is 5.82 Å². The Hall–Kier alpha value is -1.68. The number of carbonyl (C=O) groups excluding carboxylic acids is 1. The number of ether oxygens (including phenoxy) is 1. The lowest BCUT2D eigenvalue weighted by Gasteiger charge is -2.34. The molecule has 1 aliphatic heterocycles. The van der Waals surface area contributed by atoms with E-state index in [1.165, 1.54) is 27.4 Å². The average molecular weight is 492 g/mol. The van der Waals surface area contributed by atoms with E-state index in [1.54, 1.807) is 18.2 Å². The molecule has 1 heterocycles. The Morgan fingerprint density at radius 3 is 2.46 bits per heavy atom. The van der Waals surface area contributed by atoms with Gasteiger partial charge >= 0.3 is 0 Å². The third-order valence-electron chi connectivity index (χ3n) is 4.29. The molecule has 28 heavy (non-hydrogen) atoms. The fourth-order valence-electron chi connectivity index (χ4n) is 2.79. The van der Waals surface area contributed by atoms with Crippen molar-refractivity contribution in [1.82, 2.24) is 9.21 Å². The highest BCUT2D eigenvalue weighted by molar-refractivity contribution is 9.10. The van der Waals surface area contributed by atoms with Crippen molar-refractivity contribution in [3.05, 3.63) is 57.8 Å². The molecule has 1 amide bonds. The Morgan fingerprint density at radius 1 is 1.14 bits per heavy atom. The minimum Gasteiger partial charge on any atom is -0.482 e. The highest BCUT2D eigenvalue weighted by Crippen LogP contribution is 2.27. The average Bonchev–Trinajstić information content (AvgIpc) is 2.67. The molecule has 0 unspecified atom stereocenters. The number of carbonyl (C=O) groups is 1. The van der Waals surface area contributed by atoms with E-state index >= 15 is 0 Å².